The summed E-state index contributed by atoms with van der Waals surface area (Å²) in [6.45, 7) is 0.403. The van der Waals surface area contributed by atoms with Crippen LogP contribution in [0.4, 0.5) is 10.1 Å². The molecule has 1 aliphatic heterocycles. The van der Waals surface area contributed by atoms with Gasteiger partial charge >= 0.3 is 0 Å². The molecule has 5 heteroatoms. The molecule has 23 heavy (non-hydrogen) atoms. The van der Waals surface area contributed by atoms with Gasteiger partial charge < -0.3 is 10.6 Å². The van der Waals surface area contributed by atoms with Crippen LogP contribution in [-0.2, 0) is 16.0 Å². The molecule has 1 unspecified atom stereocenters. The molecule has 0 saturated heterocycles. The molecule has 0 aromatic heterocycles. The quantitative estimate of drug-likeness (QED) is 0.891. The highest BCUT2D eigenvalue weighted by Gasteiger charge is 2.29. The van der Waals surface area contributed by atoms with Crippen molar-refractivity contribution in [2.24, 2.45) is 0 Å². The van der Waals surface area contributed by atoms with Gasteiger partial charge in [0.05, 0.1) is 12.3 Å². The SMILES string of the molecule is O=C(Cc1cccc(F)c1)NCCC1C(=O)Nc2ccccc21. The van der Waals surface area contributed by atoms with Crippen molar-refractivity contribution in [3.8, 4) is 0 Å². The number of carbonyl (C=O) groups is 2. The van der Waals surface area contributed by atoms with E-state index in [0.717, 1.165) is 11.3 Å². The summed E-state index contributed by atoms with van der Waals surface area (Å²) in [7, 11) is 0. The smallest absolute Gasteiger partial charge is 0.232 e. The highest BCUT2D eigenvalue weighted by molar-refractivity contribution is 6.02. The Labute approximate surface area is 133 Å². The van der Waals surface area contributed by atoms with Gasteiger partial charge in [0, 0.05) is 12.2 Å². The number of rotatable bonds is 5. The van der Waals surface area contributed by atoms with Gasteiger partial charge in [-0.15, -0.1) is 0 Å². The standard InChI is InChI=1S/C18H17FN2O2/c19-13-5-3-4-12(10-13)11-17(22)20-9-8-15-14-6-1-2-7-16(14)21-18(15)23/h1-7,10,15H,8-9,11H2,(H,20,22)(H,21,23). The first-order valence-corrected chi connectivity index (χ1v) is 7.54. The fourth-order valence-electron chi connectivity index (χ4n) is 2.81. The molecule has 2 aromatic carbocycles. The highest BCUT2D eigenvalue weighted by Crippen LogP contribution is 2.33. The Morgan fingerprint density at radius 3 is 2.83 bits per heavy atom. The lowest BCUT2D eigenvalue weighted by molar-refractivity contribution is -0.121. The first-order chi connectivity index (χ1) is 11.1. The number of anilines is 1. The normalized spacial score (nSPS) is 15.9. The van der Waals surface area contributed by atoms with E-state index in [4.69, 9.17) is 0 Å². The fraction of sp³-hybridized carbons (Fsp3) is 0.222. The Bertz CT molecular complexity index is 745. The Hall–Kier alpha value is -2.69. The average Bonchev–Trinajstić information content (AvgIpc) is 2.83. The largest absolute Gasteiger partial charge is 0.356 e. The summed E-state index contributed by atoms with van der Waals surface area (Å²) in [4.78, 5) is 23.9. The van der Waals surface area contributed by atoms with E-state index in [1.54, 1.807) is 12.1 Å². The van der Waals surface area contributed by atoms with Crippen molar-refractivity contribution in [1.29, 1.82) is 0 Å². The summed E-state index contributed by atoms with van der Waals surface area (Å²) in [5.41, 5.74) is 2.44. The average molecular weight is 312 g/mol. The van der Waals surface area contributed by atoms with Crippen LogP contribution >= 0.6 is 0 Å². The zero-order valence-corrected chi connectivity index (χ0v) is 12.5. The Kier molecular flexibility index (Phi) is 4.37. The first-order valence-electron chi connectivity index (χ1n) is 7.54. The summed E-state index contributed by atoms with van der Waals surface area (Å²) < 4.78 is 13.1. The third-order valence-corrected chi connectivity index (χ3v) is 3.92. The van der Waals surface area contributed by atoms with Crippen LogP contribution in [0.2, 0.25) is 0 Å². The Morgan fingerprint density at radius 1 is 1.17 bits per heavy atom. The molecule has 0 bridgehead atoms. The van der Waals surface area contributed by atoms with Gasteiger partial charge in [-0.25, -0.2) is 4.39 Å². The minimum atomic E-state index is -0.352. The molecule has 3 rings (SSSR count). The van der Waals surface area contributed by atoms with Crippen LogP contribution in [0.5, 0.6) is 0 Å². The predicted octanol–water partition coefficient (Wildman–Crippen LogP) is 2.61. The van der Waals surface area contributed by atoms with Gasteiger partial charge in [0.15, 0.2) is 0 Å². The van der Waals surface area contributed by atoms with E-state index >= 15 is 0 Å². The maximum Gasteiger partial charge on any atom is 0.232 e. The first kappa shape index (κ1) is 15.2. The van der Waals surface area contributed by atoms with E-state index in [0.29, 0.717) is 18.5 Å². The van der Waals surface area contributed by atoms with Crippen molar-refractivity contribution < 1.29 is 14.0 Å². The second-order valence-corrected chi connectivity index (χ2v) is 5.57. The molecule has 2 aromatic rings. The zero-order valence-electron chi connectivity index (χ0n) is 12.5. The number of amides is 2. The molecule has 0 fully saturated rings. The van der Waals surface area contributed by atoms with Crippen LogP contribution < -0.4 is 10.6 Å². The number of para-hydroxylation sites is 1. The number of nitrogens with one attached hydrogen (secondary N) is 2. The second-order valence-electron chi connectivity index (χ2n) is 5.57. The summed E-state index contributed by atoms with van der Waals surface area (Å²) in [5, 5.41) is 5.63. The van der Waals surface area contributed by atoms with Gasteiger partial charge in [0.1, 0.15) is 5.82 Å². The number of hydrogen-bond acceptors (Lipinski definition) is 2. The van der Waals surface area contributed by atoms with Crippen LogP contribution in [0, 0.1) is 5.82 Å². The second kappa shape index (κ2) is 6.60. The van der Waals surface area contributed by atoms with E-state index in [9.17, 15) is 14.0 Å². The molecule has 1 aliphatic rings. The molecule has 2 N–H and O–H groups in total. The minimum absolute atomic E-state index is 0.0365. The van der Waals surface area contributed by atoms with Crippen molar-refractivity contribution in [3.05, 3.63) is 65.5 Å². The van der Waals surface area contributed by atoms with E-state index in [-0.39, 0.29) is 30.0 Å². The summed E-state index contributed by atoms with van der Waals surface area (Å²) in [5.74, 6) is -0.803. The Balaban J connectivity index is 1.52. The van der Waals surface area contributed by atoms with Crippen LogP contribution in [0.3, 0.4) is 0 Å². The lowest BCUT2D eigenvalue weighted by Crippen LogP contribution is -2.28. The van der Waals surface area contributed by atoms with Gasteiger partial charge in [-0.05, 0) is 35.7 Å². The molecule has 0 spiro atoms. The molecular weight excluding hydrogens is 295 g/mol. The lowest BCUT2D eigenvalue weighted by atomic mass is 9.97. The van der Waals surface area contributed by atoms with Crippen molar-refractivity contribution in [2.75, 3.05) is 11.9 Å². The van der Waals surface area contributed by atoms with E-state index in [2.05, 4.69) is 10.6 Å². The number of halogens is 1. The summed E-state index contributed by atoms with van der Waals surface area (Å²) >= 11 is 0. The molecular formula is C18H17FN2O2. The van der Waals surface area contributed by atoms with Crippen LogP contribution in [0.25, 0.3) is 0 Å². The maximum absolute atomic E-state index is 13.1. The molecule has 0 radical (unpaired) electrons. The van der Waals surface area contributed by atoms with Gasteiger partial charge in [-0.1, -0.05) is 30.3 Å². The number of carbonyl (C=O) groups excluding carboxylic acids is 2. The molecule has 4 nitrogen and oxygen atoms in total. The van der Waals surface area contributed by atoms with Gasteiger partial charge in [-0.3, -0.25) is 9.59 Å². The number of fused-ring (bicyclic) bond motifs is 1. The van der Waals surface area contributed by atoms with Crippen molar-refractivity contribution in [2.45, 2.75) is 18.8 Å². The van der Waals surface area contributed by atoms with E-state index < -0.39 is 0 Å². The highest BCUT2D eigenvalue weighted by atomic mass is 19.1. The zero-order chi connectivity index (χ0) is 16.2. The van der Waals surface area contributed by atoms with Crippen molar-refractivity contribution in [3.63, 3.8) is 0 Å². The molecule has 2 amide bonds. The van der Waals surface area contributed by atoms with Gasteiger partial charge in [0.2, 0.25) is 11.8 Å². The van der Waals surface area contributed by atoms with Crippen molar-refractivity contribution in [1.82, 2.24) is 5.32 Å². The third kappa shape index (κ3) is 3.56. The van der Waals surface area contributed by atoms with E-state index in [1.165, 1.54) is 12.1 Å². The lowest BCUT2D eigenvalue weighted by Gasteiger charge is -2.10. The van der Waals surface area contributed by atoms with Crippen LogP contribution in [0.15, 0.2) is 48.5 Å². The van der Waals surface area contributed by atoms with Crippen LogP contribution in [-0.4, -0.2) is 18.4 Å². The molecule has 0 saturated carbocycles. The van der Waals surface area contributed by atoms with Gasteiger partial charge in [0.25, 0.3) is 0 Å². The molecule has 118 valence electrons. The molecule has 1 atom stereocenters. The summed E-state index contributed by atoms with van der Waals surface area (Å²) in [6, 6.07) is 13.6. The molecule has 0 aliphatic carbocycles. The van der Waals surface area contributed by atoms with E-state index in [1.807, 2.05) is 24.3 Å². The predicted molar refractivity (Wildman–Crippen MR) is 85.5 cm³/mol. The van der Waals surface area contributed by atoms with Crippen molar-refractivity contribution >= 4 is 17.5 Å². The topological polar surface area (TPSA) is 58.2 Å². The monoisotopic (exact) mass is 312 g/mol. The molecule has 1 heterocycles. The summed E-state index contributed by atoms with van der Waals surface area (Å²) in [6.07, 6.45) is 0.670. The fourth-order valence-corrected chi connectivity index (χ4v) is 2.81. The number of benzene rings is 2. The third-order valence-electron chi connectivity index (χ3n) is 3.92. The maximum atomic E-state index is 13.1. The minimum Gasteiger partial charge on any atom is -0.356 e. The number of hydrogen-bond donors (Lipinski definition) is 2. The van der Waals surface area contributed by atoms with Gasteiger partial charge in [-0.2, -0.15) is 0 Å². The Morgan fingerprint density at radius 2 is 2.00 bits per heavy atom. The van der Waals surface area contributed by atoms with Crippen LogP contribution in [0.1, 0.15) is 23.5 Å².